The second kappa shape index (κ2) is 12.3. The van der Waals surface area contributed by atoms with E-state index in [9.17, 15) is 0 Å². The van der Waals surface area contributed by atoms with Crippen molar-refractivity contribution in [1.82, 2.24) is 9.97 Å². The van der Waals surface area contributed by atoms with Crippen LogP contribution in [0.3, 0.4) is 0 Å². The highest BCUT2D eigenvalue weighted by molar-refractivity contribution is 6.32. The zero-order chi connectivity index (χ0) is 22.8. The summed E-state index contributed by atoms with van der Waals surface area (Å²) in [6.45, 7) is 6.37. The SMILES string of the molecule is [B]c1cccc(CNc2nc(C)nc3cc(CCCCCCCCC=C)c(OC)cc23)c1. The van der Waals surface area contributed by atoms with E-state index >= 15 is 0 Å². The zero-order valence-electron chi connectivity index (χ0n) is 19.5. The van der Waals surface area contributed by atoms with Crippen LogP contribution in [-0.4, -0.2) is 24.9 Å². The topological polar surface area (TPSA) is 47.0 Å². The van der Waals surface area contributed by atoms with Crippen molar-refractivity contribution in [3.63, 3.8) is 0 Å². The molecule has 5 heteroatoms. The molecule has 0 saturated carbocycles. The van der Waals surface area contributed by atoms with Crippen molar-refractivity contribution in [1.29, 1.82) is 0 Å². The summed E-state index contributed by atoms with van der Waals surface area (Å²) in [5, 5.41) is 4.43. The number of nitrogens with zero attached hydrogens (tertiary/aromatic N) is 2. The van der Waals surface area contributed by atoms with E-state index in [2.05, 4.69) is 35.1 Å². The van der Waals surface area contributed by atoms with Crippen LogP contribution in [0.15, 0.2) is 49.1 Å². The maximum Gasteiger partial charge on any atom is 0.138 e. The summed E-state index contributed by atoms with van der Waals surface area (Å²) < 4.78 is 5.73. The number of ether oxygens (including phenoxy) is 1. The van der Waals surface area contributed by atoms with Gasteiger partial charge in [-0.15, -0.1) is 6.58 Å². The van der Waals surface area contributed by atoms with Crippen LogP contribution in [0.5, 0.6) is 5.75 Å². The van der Waals surface area contributed by atoms with Gasteiger partial charge >= 0.3 is 0 Å². The highest BCUT2D eigenvalue weighted by Crippen LogP contribution is 2.30. The normalized spacial score (nSPS) is 10.9. The minimum absolute atomic E-state index is 0.646. The summed E-state index contributed by atoms with van der Waals surface area (Å²) in [6, 6.07) is 12.1. The molecule has 166 valence electrons. The largest absolute Gasteiger partial charge is 0.496 e. The van der Waals surface area contributed by atoms with Crippen molar-refractivity contribution in [2.24, 2.45) is 0 Å². The molecule has 3 aromatic rings. The van der Waals surface area contributed by atoms with Crippen LogP contribution in [0.25, 0.3) is 10.9 Å². The van der Waals surface area contributed by atoms with Crippen LogP contribution in [0.2, 0.25) is 0 Å². The van der Waals surface area contributed by atoms with Crippen LogP contribution in [-0.2, 0) is 13.0 Å². The summed E-state index contributed by atoms with van der Waals surface area (Å²) in [6.07, 6.45) is 11.7. The number of benzene rings is 2. The Hall–Kier alpha value is -2.82. The van der Waals surface area contributed by atoms with E-state index in [1.54, 1.807) is 7.11 Å². The van der Waals surface area contributed by atoms with E-state index in [0.717, 1.165) is 58.6 Å². The van der Waals surface area contributed by atoms with Gasteiger partial charge in [0.15, 0.2) is 0 Å². The second-order valence-electron chi connectivity index (χ2n) is 8.35. The predicted molar refractivity (Wildman–Crippen MR) is 136 cm³/mol. The first-order valence-electron chi connectivity index (χ1n) is 11.6. The maximum absolute atomic E-state index is 5.91. The first kappa shape index (κ1) is 23.8. The molecule has 1 N–H and O–H groups in total. The third-order valence-corrected chi connectivity index (χ3v) is 5.73. The van der Waals surface area contributed by atoms with E-state index in [1.807, 2.05) is 31.2 Å². The molecule has 0 aliphatic rings. The molecule has 2 radical (unpaired) electrons. The Balaban J connectivity index is 1.68. The number of anilines is 1. The van der Waals surface area contributed by atoms with Crippen molar-refractivity contribution in [2.75, 3.05) is 12.4 Å². The molecular formula is C27H34BN3O. The van der Waals surface area contributed by atoms with Crippen molar-refractivity contribution < 1.29 is 4.74 Å². The number of fused-ring (bicyclic) bond motifs is 1. The monoisotopic (exact) mass is 427 g/mol. The number of unbranched alkanes of at least 4 members (excludes halogenated alkanes) is 6. The summed E-state index contributed by atoms with van der Waals surface area (Å²) in [7, 11) is 7.64. The summed E-state index contributed by atoms with van der Waals surface area (Å²) in [4.78, 5) is 9.34. The Morgan fingerprint density at radius 1 is 1.03 bits per heavy atom. The lowest BCUT2D eigenvalue weighted by molar-refractivity contribution is 0.409. The third-order valence-electron chi connectivity index (χ3n) is 5.73. The molecule has 0 atom stereocenters. The number of nitrogens with one attached hydrogen (secondary N) is 1. The number of rotatable bonds is 13. The lowest BCUT2D eigenvalue weighted by Crippen LogP contribution is -2.08. The summed E-state index contributed by atoms with van der Waals surface area (Å²) in [5.41, 5.74) is 4.04. The molecule has 0 aliphatic heterocycles. The average Bonchev–Trinajstić information content (AvgIpc) is 2.78. The van der Waals surface area contributed by atoms with Crippen molar-refractivity contribution in [3.05, 3.63) is 66.0 Å². The van der Waals surface area contributed by atoms with Gasteiger partial charge in [0.25, 0.3) is 0 Å². The molecule has 32 heavy (non-hydrogen) atoms. The summed E-state index contributed by atoms with van der Waals surface area (Å²) >= 11 is 0. The minimum atomic E-state index is 0.646. The standard InChI is InChI=1S/C27H34BN3O/c1-4-5-6-7-8-9-10-11-14-22-17-25-24(18-26(22)32-3)27(31-20(2)30-25)29-19-21-13-12-15-23(28)16-21/h4,12-13,15-18H,1,5-11,14,19H2,2-3H3,(H,29,30,31). The van der Waals surface area contributed by atoms with Crippen LogP contribution in [0.4, 0.5) is 5.82 Å². The molecule has 3 rings (SSSR count). The van der Waals surface area contributed by atoms with Crippen LogP contribution in [0, 0.1) is 6.92 Å². The van der Waals surface area contributed by atoms with Crippen molar-refractivity contribution in [2.45, 2.75) is 64.8 Å². The fourth-order valence-electron chi connectivity index (χ4n) is 4.04. The smallest absolute Gasteiger partial charge is 0.138 e. The molecule has 2 aromatic carbocycles. The molecule has 4 nitrogen and oxygen atoms in total. The van der Waals surface area contributed by atoms with Gasteiger partial charge in [0.1, 0.15) is 25.2 Å². The average molecular weight is 427 g/mol. The fraction of sp³-hybridized carbons (Fsp3) is 0.407. The Morgan fingerprint density at radius 3 is 2.56 bits per heavy atom. The van der Waals surface area contributed by atoms with Gasteiger partial charge in [0.2, 0.25) is 0 Å². The fourth-order valence-corrected chi connectivity index (χ4v) is 4.04. The van der Waals surface area contributed by atoms with Crippen molar-refractivity contribution >= 4 is 30.0 Å². The molecule has 0 bridgehead atoms. The van der Waals surface area contributed by atoms with Gasteiger partial charge in [-0.1, -0.05) is 61.5 Å². The quantitative estimate of drug-likeness (QED) is 0.212. The molecule has 0 spiro atoms. The molecule has 0 unspecified atom stereocenters. The summed E-state index contributed by atoms with van der Waals surface area (Å²) in [5.74, 6) is 2.48. The minimum Gasteiger partial charge on any atom is -0.496 e. The van der Waals surface area contributed by atoms with E-state index < -0.39 is 0 Å². The molecule has 1 heterocycles. The Morgan fingerprint density at radius 2 is 1.81 bits per heavy atom. The van der Waals surface area contributed by atoms with Gasteiger partial charge in [-0.2, -0.15) is 0 Å². The Kier molecular flexibility index (Phi) is 9.15. The highest BCUT2D eigenvalue weighted by Gasteiger charge is 2.12. The molecule has 0 fully saturated rings. The lowest BCUT2D eigenvalue weighted by atomic mass is 9.94. The first-order chi connectivity index (χ1) is 15.6. The van der Waals surface area contributed by atoms with Crippen LogP contribution in [0.1, 0.15) is 61.9 Å². The van der Waals surface area contributed by atoms with E-state index in [0.29, 0.717) is 6.54 Å². The number of hydrogen-bond acceptors (Lipinski definition) is 4. The zero-order valence-corrected chi connectivity index (χ0v) is 19.5. The number of methoxy groups -OCH3 is 1. The van der Waals surface area contributed by atoms with Gasteiger partial charge < -0.3 is 10.1 Å². The van der Waals surface area contributed by atoms with Gasteiger partial charge in [-0.25, -0.2) is 9.97 Å². The number of allylic oxidation sites excluding steroid dienone is 1. The van der Waals surface area contributed by atoms with E-state index in [1.165, 1.54) is 37.7 Å². The Bertz CT molecular complexity index is 1030. The molecule has 0 amide bonds. The molecular weight excluding hydrogens is 393 g/mol. The first-order valence-corrected chi connectivity index (χ1v) is 11.6. The highest BCUT2D eigenvalue weighted by atomic mass is 16.5. The predicted octanol–water partition coefficient (Wildman–Crippen LogP) is 5.81. The maximum atomic E-state index is 5.91. The number of hydrogen-bond donors (Lipinski definition) is 1. The molecule has 0 saturated heterocycles. The molecule has 1 aromatic heterocycles. The van der Waals surface area contributed by atoms with E-state index in [-0.39, 0.29) is 0 Å². The van der Waals surface area contributed by atoms with Crippen LogP contribution >= 0.6 is 0 Å². The Labute approximate surface area is 193 Å². The second-order valence-corrected chi connectivity index (χ2v) is 8.35. The number of aromatic nitrogens is 2. The van der Waals surface area contributed by atoms with Crippen LogP contribution < -0.4 is 15.5 Å². The lowest BCUT2D eigenvalue weighted by Gasteiger charge is -2.14. The molecule has 0 aliphatic carbocycles. The number of aryl methyl sites for hydroxylation is 2. The van der Waals surface area contributed by atoms with Gasteiger partial charge in [-0.05, 0) is 55.9 Å². The van der Waals surface area contributed by atoms with Crippen molar-refractivity contribution in [3.8, 4) is 5.75 Å². The van der Waals surface area contributed by atoms with Gasteiger partial charge in [0, 0.05) is 11.9 Å². The van der Waals surface area contributed by atoms with Gasteiger partial charge in [-0.3, -0.25) is 0 Å². The van der Waals surface area contributed by atoms with Gasteiger partial charge in [0.05, 0.1) is 12.6 Å². The third kappa shape index (κ3) is 6.84. The van der Waals surface area contributed by atoms with E-state index in [4.69, 9.17) is 17.6 Å².